The number of carbonyl (C=O) groups excluding carboxylic acids is 2. The topological polar surface area (TPSA) is 98.0 Å². The Morgan fingerprint density at radius 1 is 1.14 bits per heavy atom. The summed E-state index contributed by atoms with van der Waals surface area (Å²) in [6.45, 7) is 0.472. The zero-order chi connectivity index (χ0) is 24.7. The molecule has 6 nitrogen and oxygen atoms in total. The predicted octanol–water partition coefficient (Wildman–Crippen LogP) is 4.80. The molecule has 5 rings (SSSR count). The lowest BCUT2D eigenvalue weighted by Crippen LogP contribution is -2.18. The maximum atomic E-state index is 13.9. The van der Waals surface area contributed by atoms with E-state index in [2.05, 4.69) is 10.3 Å². The van der Waals surface area contributed by atoms with Gasteiger partial charge in [-0.1, -0.05) is 23.9 Å². The van der Waals surface area contributed by atoms with Gasteiger partial charge in [0.25, 0.3) is 5.91 Å². The van der Waals surface area contributed by atoms with Crippen LogP contribution in [0.1, 0.15) is 39.5 Å². The highest BCUT2D eigenvalue weighted by Crippen LogP contribution is 2.38. The van der Waals surface area contributed by atoms with Crippen molar-refractivity contribution in [2.75, 3.05) is 6.26 Å². The molecule has 4 aromatic rings. The van der Waals surface area contributed by atoms with E-state index < -0.39 is 23.5 Å². The van der Waals surface area contributed by atoms with Gasteiger partial charge >= 0.3 is 0 Å². The van der Waals surface area contributed by atoms with Crippen molar-refractivity contribution in [3.63, 3.8) is 0 Å². The molecule has 2 aromatic heterocycles. The van der Waals surface area contributed by atoms with Gasteiger partial charge in [-0.2, -0.15) is 0 Å². The van der Waals surface area contributed by atoms with Crippen molar-refractivity contribution in [2.45, 2.75) is 29.6 Å². The molecule has 178 valence electrons. The third-order valence-electron chi connectivity index (χ3n) is 5.91. The fraction of sp³-hybridized carbons (Fsp3) is 0.200. The molecule has 2 aromatic carbocycles. The summed E-state index contributed by atoms with van der Waals surface area (Å²) in [5, 5.41) is 2.81. The van der Waals surface area contributed by atoms with Crippen LogP contribution in [0.25, 0.3) is 21.5 Å². The molecule has 3 N–H and O–H groups in total. The molecule has 2 amide bonds. The monoisotopic (exact) mass is 510 g/mol. The van der Waals surface area contributed by atoms with Crippen LogP contribution in [0.4, 0.5) is 8.78 Å². The van der Waals surface area contributed by atoms with Gasteiger partial charge in [0.2, 0.25) is 5.91 Å². The lowest BCUT2D eigenvalue weighted by Gasteiger charge is -2.19. The molecule has 0 aliphatic carbocycles. The summed E-state index contributed by atoms with van der Waals surface area (Å²) in [4.78, 5) is 33.7. The highest BCUT2D eigenvalue weighted by Gasteiger charge is 2.25. The number of hydrogen-bond acceptors (Lipinski definition) is 6. The Morgan fingerprint density at radius 2 is 1.91 bits per heavy atom. The van der Waals surface area contributed by atoms with E-state index in [0.717, 1.165) is 31.8 Å². The Labute approximate surface area is 208 Å². The summed E-state index contributed by atoms with van der Waals surface area (Å²) in [7, 11) is 0. The number of halogens is 2. The molecule has 0 spiro atoms. The molecule has 0 radical (unpaired) electrons. The van der Waals surface area contributed by atoms with E-state index >= 15 is 0 Å². The van der Waals surface area contributed by atoms with Gasteiger partial charge in [-0.15, -0.1) is 11.3 Å². The number of carbonyl (C=O) groups is 2. The van der Waals surface area contributed by atoms with Gasteiger partial charge in [0.1, 0.15) is 11.6 Å². The Kier molecular flexibility index (Phi) is 6.24. The number of fused-ring (bicyclic) bond motifs is 2. The highest BCUT2D eigenvalue weighted by atomic mass is 32.2. The average Bonchev–Trinajstić information content (AvgIpc) is 3.39. The number of primary amides is 1. The number of thioether (sulfide) groups is 1. The number of aromatic nitrogens is 2. The van der Waals surface area contributed by atoms with Crippen LogP contribution in [0.5, 0.6) is 0 Å². The Bertz CT molecular complexity index is 1470. The van der Waals surface area contributed by atoms with Crippen LogP contribution < -0.4 is 11.1 Å². The summed E-state index contributed by atoms with van der Waals surface area (Å²) >= 11 is 2.99. The number of benzene rings is 2. The van der Waals surface area contributed by atoms with Crippen molar-refractivity contribution < 1.29 is 18.4 Å². The molecule has 10 heteroatoms. The lowest BCUT2D eigenvalue weighted by atomic mass is 9.87. The third kappa shape index (κ3) is 4.76. The molecule has 1 aliphatic heterocycles. The van der Waals surface area contributed by atoms with E-state index in [0.29, 0.717) is 29.0 Å². The molecule has 0 fully saturated rings. The molecule has 0 unspecified atom stereocenters. The summed E-state index contributed by atoms with van der Waals surface area (Å²) in [5.74, 6) is -2.67. The predicted molar refractivity (Wildman–Crippen MR) is 132 cm³/mol. The number of nitrogens with zero attached hydrogens (tertiary/aromatic N) is 2. The van der Waals surface area contributed by atoms with Crippen molar-refractivity contribution in [3.8, 4) is 11.1 Å². The first-order valence-electron chi connectivity index (χ1n) is 10.8. The maximum absolute atomic E-state index is 13.9. The smallest absolute Gasteiger partial charge is 0.251 e. The Morgan fingerprint density at radius 3 is 2.63 bits per heavy atom. The van der Waals surface area contributed by atoms with Crippen LogP contribution in [0.15, 0.2) is 46.8 Å². The lowest BCUT2D eigenvalue weighted by molar-refractivity contribution is -0.118. The van der Waals surface area contributed by atoms with E-state index in [1.165, 1.54) is 35.2 Å². The van der Waals surface area contributed by atoms with Crippen LogP contribution >= 0.6 is 23.1 Å². The molecular weight excluding hydrogens is 490 g/mol. The first-order chi connectivity index (χ1) is 16.8. The second-order valence-electron chi connectivity index (χ2n) is 8.33. The van der Waals surface area contributed by atoms with Crippen molar-refractivity contribution >= 4 is 45.3 Å². The molecule has 0 saturated heterocycles. The van der Waals surface area contributed by atoms with Gasteiger partial charge in [0, 0.05) is 36.1 Å². The summed E-state index contributed by atoms with van der Waals surface area (Å²) in [6.07, 6.45) is 2.00. The van der Waals surface area contributed by atoms with Gasteiger partial charge < -0.3 is 11.1 Å². The van der Waals surface area contributed by atoms with Gasteiger partial charge in [0.15, 0.2) is 9.99 Å². The van der Waals surface area contributed by atoms with Crippen molar-refractivity contribution in [1.29, 1.82) is 0 Å². The van der Waals surface area contributed by atoms with E-state index in [1.807, 2.05) is 30.5 Å². The number of nitrogens with two attached hydrogens (primary N) is 1. The van der Waals surface area contributed by atoms with Crippen molar-refractivity contribution in [2.24, 2.45) is 5.73 Å². The molecule has 35 heavy (non-hydrogen) atoms. The standard InChI is InChI=1S/C25H20F2N4O2S2/c1-34-25-31-23-20(35-25)10-18(13-2-3-14-11-29-24(33)19(14)7-13)22(30-23)15(8-21(28)32)4-12-5-16(26)9-17(27)6-12/h2-3,5-7,9-10,15H,4,8,11H2,1H3,(H2,28,32)(H,29,33)/t15-/m0/s1. The van der Waals surface area contributed by atoms with Crippen LogP contribution in [-0.4, -0.2) is 28.0 Å². The van der Waals surface area contributed by atoms with E-state index in [9.17, 15) is 18.4 Å². The highest BCUT2D eigenvalue weighted by molar-refractivity contribution is 8.00. The summed E-state index contributed by atoms with van der Waals surface area (Å²) in [5.41, 5.74) is 9.99. The van der Waals surface area contributed by atoms with Crippen LogP contribution in [-0.2, 0) is 17.8 Å². The fourth-order valence-corrected chi connectivity index (χ4v) is 5.85. The van der Waals surface area contributed by atoms with Crippen molar-refractivity contribution in [1.82, 2.24) is 15.3 Å². The second kappa shape index (κ2) is 9.35. The van der Waals surface area contributed by atoms with Crippen LogP contribution in [0.2, 0.25) is 0 Å². The maximum Gasteiger partial charge on any atom is 0.251 e. The average molecular weight is 511 g/mol. The normalized spacial score (nSPS) is 13.6. The van der Waals surface area contributed by atoms with Gasteiger partial charge in [-0.25, -0.2) is 18.7 Å². The minimum Gasteiger partial charge on any atom is -0.370 e. The molecule has 0 saturated carbocycles. The summed E-state index contributed by atoms with van der Waals surface area (Å²) in [6, 6.07) is 10.8. The molecule has 0 bridgehead atoms. The fourth-order valence-electron chi connectivity index (χ4n) is 4.39. The summed E-state index contributed by atoms with van der Waals surface area (Å²) < 4.78 is 29.5. The molecule has 1 aliphatic rings. The number of rotatable bonds is 7. The number of amides is 2. The van der Waals surface area contributed by atoms with Gasteiger partial charge in [-0.3, -0.25) is 9.59 Å². The second-order valence-corrected chi connectivity index (χ2v) is 10.4. The molecular formula is C25H20F2N4O2S2. The number of nitrogens with one attached hydrogen (secondary N) is 1. The molecule has 3 heterocycles. The third-order valence-corrected chi connectivity index (χ3v) is 7.89. The zero-order valence-corrected chi connectivity index (χ0v) is 20.2. The number of thiazole rings is 1. The first-order valence-corrected chi connectivity index (χ1v) is 12.8. The van der Waals surface area contributed by atoms with E-state index in [4.69, 9.17) is 10.7 Å². The minimum absolute atomic E-state index is 0.0748. The number of hydrogen-bond donors (Lipinski definition) is 2. The van der Waals surface area contributed by atoms with E-state index in [1.54, 1.807) is 0 Å². The van der Waals surface area contributed by atoms with Crippen LogP contribution in [0, 0.1) is 11.6 Å². The largest absolute Gasteiger partial charge is 0.370 e. The van der Waals surface area contributed by atoms with Crippen LogP contribution in [0.3, 0.4) is 0 Å². The Balaban J connectivity index is 1.69. The zero-order valence-electron chi connectivity index (χ0n) is 18.6. The van der Waals surface area contributed by atoms with E-state index in [-0.39, 0.29) is 18.7 Å². The quantitative estimate of drug-likeness (QED) is 0.348. The Hall–Kier alpha value is -3.37. The minimum atomic E-state index is -0.699. The van der Waals surface area contributed by atoms with Gasteiger partial charge in [-0.05, 0) is 53.6 Å². The van der Waals surface area contributed by atoms with Gasteiger partial charge in [0.05, 0.1) is 10.4 Å². The number of pyridine rings is 1. The first kappa shape index (κ1) is 23.4. The SMILES string of the molecule is CSc1nc2nc([C@H](CC(N)=O)Cc3cc(F)cc(F)c3)c(-c3ccc4c(c3)C(=O)NC4)cc2s1. The van der Waals surface area contributed by atoms with Crippen molar-refractivity contribution in [3.05, 3.63) is 76.5 Å². The molecule has 1 atom stereocenters.